The number of nitro benzene ring substituents is 1. The van der Waals surface area contributed by atoms with Crippen LogP contribution in [0.3, 0.4) is 0 Å². The zero-order valence-corrected chi connectivity index (χ0v) is 20.7. The predicted octanol–water partition coefficient (Wildman–Crippen LogP) is 4.31. The van der Waals surface area contributed by atoms with Gasteiger partial charge in [0.25, 0.3) is 15.7 Å². The zero-order chi connectivity index (χ0) is 26.5. The molecular formula is C24H24N2O9S. The number of phenols is 1. The fourth-order valence-corrected chi connectivity index (χ4v) is 4.47. The molecule has 11 nitrogen and oxygen atoms in total. The summed E-state index contributed by atoms with van der Waals surface area (Å²) in [5, 5.41) is 21.8. The first-order chi connectivity index (χ1) is 17.1. The minimum atomic E-state index is -4.31. The molecule has 0 aliphatic carbocycles. The number of methoxy groups -OCH3 is 4. The van der Waals surface area contributed by atoms with Gasteiger partial charge in [-0.05, 0) is 35.9 Å². The minimum absolute atomic E-state index is 0.0247. The van der Waals surface area contributed by atoms with Crippen LogP contribution in [0, 0.1) is 10.1 Å². The number of nitro groups is 1. The molecule has 190 valence electrons. The van der Waals surface area contributed by atoms with Gasteiger partial charge in [0.2, 0.25) is 5.75 Å². The number of nitrogens with zero attached hydrogens (tertiary/aromatic N) is 1. The van der Waals surface area contributed by atoms with E-state index >= 15 is 0 Å². The van der Waals surface area contributed by atoms with E-state index in [0.29, 0.717) is 22.8 Å². The van der Waals surface area contributed by atoms with Crippen LogP contribution in [0.5, 0.6) is 28.7 Å². The molecule has 0 atom stereocenters. The highest BCUT2D eigenvalue weighted by Crippen LogP contribution is 2.41. The Kier molecular flexibility index (Phi) is 7.90. The summed E-state index contributed by atoms with van der Waals surface area (Å²) in [6, 6.07) is 10.9. The summed E-state index contributed by atoms with van der Waals surface area (Å²) in [7, 11) is 1.45. The summed E-state index contributed by atoms with van der Waals surface area (Å²) in [6.45, 7) is 0. The largest absolute Gasteiger partial charge is 0.503 e. The molecule has 0 radical (unpaired) electrons. The molecule has 3 aromatic carbocycles. The van der Waals surface area contributed by atoms with Gasteiger partial charge in [0, 0.05) is 17.7 Å². The van der Waals surface area contributed by atoms with Crippen molar-refractivity contribution in [1.82, 2.24) is 0 Å². The fourth-order valence-electron chi connectivity index (χ4n) is 3.34. The SMILES string of the molecule is COc1ccc(/C=C\c2cc(OC)c(OC)c(OC)c2)c(NS(=O)(=O)c2cccc([N+](=O)[O-])c2)c1O. The first-order valence-corrected chi connectivity index (χ1v) is 11.8. The van der Waals surface area contributed by atoms with Crippen LogP contribution in [-0.4, -0.2) is 46.9 Å². The van der Waals surface area contributed by atoms with E-state index in [-0.39, 0.29) is 21.9 Å². The lowest BCUT2D eigenvalue weighted by Crippen LogP contribution is -2.14. The smallest absolute Gasteiger partial charge is 0.270 e. The number of rotatable bonds is 10. The number of hydrogen-bond donors (Lipinski definition) is 2. The number of benzene rings is 3. The fraction of sp³-hybridized carbons (Fsp3) is 0.167. The van der Waals surface area contributed by atoms with Gasteiger partial charge in [-0.25, -0.2) is 8.42 Å². The van der Waals surface area contributed by atoms with Gasteiger partial charge in [-0.15, -0.1) is 0 Å². The molecule has 0 heterocycles. The van der Waals surface area contributed by atoms with Crippen LogP contribution in [0.4, 0.5) is 11.4 Å². The van der Waals surface area contributed by atoms with E-state index in [1.165, 1.54) is 52.7 Å². The topological polar surface area (TPSA) is 146 Å². The number of aromatic hydroxyl groups is 1. The highest BCUT2D eigenvalue weighted by atomic mass is 32.2. The molecule has 0 spiro atoms. The van der Waals surface area contributed by atoms with Crippen molar-refractivity contribution >= 4 is 33.6 Å². The number of anilines is 1. The van der Waals surface area contributed by atoms with Crippen LogP contribution in [0.1, 0.15) is 11.1 Å². The van der Waals surface area contributed by atoms with Crippen LogP contribution < -0.4 is 23.7 Å². The van der Waals surface area contributed by atoms with Crippen LogP contribution >= 0.6 is 0 Å². The van der Waals surface area contributed by atoms with Crippen molar-refractivity contribution in [2.24, 2.45) is 0 Å². The molecule has 0 saturated heterocycles. The summed E-state index contributed by atoms with van der Waals surface area (Å²) >= 11 is 0. The highest BCUT2D eigenvalue weighted by molar-refractivity contribution is 7.92. The van der Waals surface area contributed by atoms with Crippen molar-refractivity contribution in [3.8, 4) is 28.7 Å². The third-order valence-corrected chi connectivity index (χ3v) is 6.46. The third-order valence-electron chi connectivity index (χ3n) is 5.11. The summed E-state index contributed by atoms with van der Waals surface area (Å²) in [5.74, 6) is 0.807. The van der Waals surface area contributed by atoms with Crippen molar-refractivity contribution in [2.75, 3.05) is 33.2 Å². The van der Waals surface area contributed by atoms with Crippen LogP contribution in [0.15, 0.2) is 53.4 Å². The molecule has 12 heteroatoms. The Hall–Kier alpha value is -4.45. The maximum absolute atomic E-state index is 13.0. The molecule has 3 aromatic rings. The Balaban J connectivity index is 2.07. The number of non-ortho nitro benzene ring substituents is 1. The van der Waals surface area contributed by atoms with Crippen molar-refractivity contribution in [2.45, 2.75) is 4.90 Å². The first-order valence-electron chi connectivity index (χ1n) is 10.3. The van der Waals surface area contributed by atoms with E-state index < -0.39 is 26.4 Å². The van der Waals surface area contributed by atoms with Gasteiger partial charge < -0.3 is 24.1 Å². The number of hydrogen-bond acceptors (Lipinski definition) is 9. The van der Waals surface area contributed by atoms with Gasteiger partial charge in [-0.2, -0.15) is 0 Å². The van der Waals surface area contributed by atoms with Crippen molar-refractivity contribution in [1.29, 1.82) is 0 Å². The molecule has 0 aromatic heterocycles. The van der Waals surface area contributed by atoms with E-state index in [0.717, 1.165) is 6.07 Å². The third kappa shape index (κ3) is 5.44. The second-order valence-electron chi connectivity index (χ2n) is 7.23. The van der Waals surface area contributed by atoms with Gasteiger partial charge in [-0.1, -0.05) is 18.2 Å². The van der Waals surface area contributed by atoms with Gasteiger partial charge >= 0.3 is 0 Å². The monoisotopic (exact) mass is 516 g/mol. The van der Waals surface area contributed by atoms with Crippen molar-refractivity contribution < 1.29 is 37.4 Å². The molecule has 0 fully saturated rings. The second kappa shape index (κ2) is 10.9. The molecule has 0 saturated carbocycles. The Morgan fingerprint density at radius 1 is 0.889 bits per heavy atom. The van der Waals surface area contributed by atoms with Gasteiger partial charge in [0.05, 0.1) is 38.3 Å². The standard InChI is InChI=1S/C24H24N2O9S/c1-32-19-11-10-16(9-8-15-12-20(33-2)24(35-4)21(13-15)34-3)22(23(19)27)25-36(30,31)18-7-5-6-17(14-18)26(28)29/h5-14,25,27H,1-4H3/b9-8-. The average molecular weight is 517 g/mol. The molecule has 0 amide bonds. The molecule has 2 N–H and O–H groups in total. The van der Waals surface area contributed by atoms with Gasteiger partial charge in [0.1, 0.15) is 5.69 Å². The highest BCUT2D eigenvalue weighted by Gasteiger charge is 2.22. The lowest BCUT2D eigenvalue weighted by Gasteiger charge is -2.15. The number of sulfonamides is 1. The Morgan fingerprint density at radius 2 is 1.53 bits per heavy atom. The Morgan fingerprint density at radius 3 is 2.08 bits per heavy atom. The quantitative estimate of drug-likeness (QED) is 0.174. The molecule has 3 rings (SSSR count). The second-order valence-corrected chi connectivity index (χ2v) is 8.92. The number of ether oxygens (including phenoxy) is 4. The van der Waals surface area contributed by atoms with Crippen molar-refractivity contribution in [3.63, 3.8) is 0 Å². The van der Waals surface area contributed by atoms with Gasteiger partial charge in [0.15, 0.2) is 23.0 Å². The molecular weight excluding hydrogens is 492 g/mol. The summed E-state index contributed by atoms with van der Waals surface area (Å²) in [6.07, 6.45) is 3.21. The minimum Gasteiger partial charge on any atom is -0.503 e. The van der Waals surface area contributed by atoms with E-state index in [1.54, 1.807) is 30.4 Å². The molecule has 0 aliphatic heterocycles. The van der Waals surface area contributed by atoms with E-state index in [9.17, 15) is 23.6 Å². The maximum atomic E-state index is 13.0. The predicted molar refractivity (Wildman–Crippen MR) is 134 cm³/mol. The van der Waals surface area contributed by atoms with E-state index in [2.05, 4.69) is 4.72 Å². The Labute approximate surface area is 207 Å². The molecule has 0 bridgehead atoms. The summed E-state index contributed by atoms with van der Waals surface area (Å²) < 4.78 is 49.5. The maximum Gasteiger partial charge on any atom is 0.270 e. The average Bonchev–Trinajstić information content (AvgIpc) is 2.88. The van der Waals surface area contributed by atoms with E-state index in [1.807, 2.05) is 0 Å². The van der Waals surface area contributed by atoms with Crippen LogP contribution in [0.2, 0.25) is 0 Å². The lowest BCUT2D eigenvalue weighted by molar-refractivity contribution is -0.385. The zero-order valence-electron chi connectivity index (χ0n) is 19.8. The summed E-state index contributed by atoms with van der Waals surface area (Å²) in [4.78, 5) is 10.0. The lowest BCUT2D eigenvalue weighted by atomic mass is 10.1. The number of phenolic OH excluding ortho intramolecular Hbond substituents is 1. The molecule has 0 aliphatic rings. The number of nitrogens with one attached hydrogen (secondary N) is 1. The van der Waals surface area contributed by atoms with Crippen LogP contribution in [-0.2, 0) is 10.0 Å². The normalized spacial score (nSPS) is 11.2. The Bertz CT molecular complexity index is 1390. The molecule has 0 unspecified atom stereocenters. The summed E-state index contributed by atoms with van der Waals surface area (Å²) in [5.41, 5.74) is 0.350. The van der Waals surface area contributed by atoms with Crippen LogP contribution in [0.25, 0.3) is 12.2 Å². The van der Waals surface area contributed by atoms with Crippen molar-refractivity contribution in [3.05, 3.63) is 69.8 Å². The van der Waals surface area contributed by atoms with E-state index in [4.69, 9.17) is 18.9 Å². The molecule has 36 heavy (non-hydrogen) atoms. The van der Waals surface area contributed by atoms with Gasteiger partial charge in [-0.3, -0.25) is 14.8 Å². The first kappa shape index (κ1) is 26.2.